The smallest absolute Gasteiger partial charge is 0.243 e. The Hall–Kier alpha value is -1.79. The predicted octanol–water partition coefficient (Wildman–Crippen LogP) is 0.801. The maximum atomic E-state index is 12.1. The van der Waals surface area contributed by atoms with E-state index >= 15 is 0 Å². The topological polar surface area (TPSA) is 72.9 Å². The van der Waals surface area contributed by atoms with Crippen molar-refractivity contribution in [2.75, 3.05) is 98.2 Å². The average molecular weight is 560 g/mol. The molecule has 0 bridgehead atoms. The molecule has 32 heavy (non-hydrogen) atoms. The van der Waals surface area contributed by atoms with Gasteiger partial charge >= 0.3 is 0 Å². The van der Waals surface area contributed by atoms with Crippen LogP contribution < -0.4 is 15.0 Å². The van der Waals surface area contributed by atoms with Crippen LogP contribution in [-0.2, 0) is 9.53 Å². The third-order valence-electron chi connectivity index (χ3n) is 5.68. The van der Waals surface area contributed by atoms with E-state index in [0.29, 0.717) is 0 Å². The van der Waals surface area contributed by atoms with E-state index in [1.54, 1.807) is 26.1 Å². The second-order valence-corrected chi connectivity index (χ2v) is 7.95. The number of anilines is 1. The lowest BCUT2D eigenvalue weighted by molar-refractivity contribution is -0.127. The number of methoxy groups -OCH3 is 1. The zero-order valence-corrected chi connectivity index (χ0v) is 21.8. The Morgan fingerprint density at radius 3 is 2.47 bits per heavy atom. The van der Waals surface area contributed by atoms with Crippen LogP contribution in [-0.4, -0.2) is 120 Å². The Kier molecular flexibility index (Phi) is 11.3. The number of ether oxygens (including phenoxy) is 2. The molecule has 2 fully saturated rings. The highest BCUT2D eigenvalue weighted by Crippen LogP contribution is 2.28. The summed E-state index contributed by atoms with van der Waals surface area (Å²) in [5.41, 5.74) is 1.12. The Balaban J connectivity index is 0.00000363. The molecule has 180 valence electrons. The summed E-state index contributed by atoms with van der Waals surface area (Å²) in [7, 11) is 5.23. The van der Waals surface area contributed by atoms with Gasteiger partial charge in [-0.3, -0.25) is 9.69 Å². The summed E-state index contributed by atoms with van der Waals surface area (Å²) in [4.78, 5) is 25.3. The van der Waals surface area contributed by atoms with E-state index < -0.39 is 0 Å². The molecule has 2 aliphatic rings. The molecule has 3 rings (SSSR count). The fourth-order valence-corrected chi connectivity index (χ4v) is 3.75. The SMILES string of the molecule is COc1ccccc1N1CCN(C(=NCC(=O)N(C)C)NCCN2CCOCC2)CC1.I. The molecule has 2 saturated heterocycles. The number of likely N-dealkylation sites (N-methyl/N-ethyl adjacent to an activating group) is 1. The molecule has 0 aromatic heterocycles. The molecule has 2 aliphatic heterocycles. The van der Waals surface area contributed by atoms with Crippen molar-refractivity contribution in [1.29, 1.82) is 0 Å². The van der Waals surface area contributed by atoms with Gasteiger partial charge in [0.2, 0.25) is 5.91 Å². The molecule has 1 aromatic carbocycles. The van der Waals surface area contributed by atoms with Gasteiger partial charge in [0.15, 0.2) is 5.96 Å². The van der Waals surface area contributed by atoms with Gasteiger partial charge < -0.3 is 29.5 Å². The van der Waals surface area contributed by atoms with E-state index in [9.17, 15) is 4.79 Å². The molecule has 0 radical (unpaired) electrons. The van der Waals surface area contributed by atoms with Crippen LogP contribution in [0.2, 0.25) is 0 Å². The number of hydrogen-bond donors (Lipinski definition) is 1. The summed E-state index contributed by atoms with van der Waals surface area (Å²) in [6, 6.07) is 8.12. The fourth-order valence-electron chi connectivity index (χ4n) is 3.75. The van der Waals surface area contributed by atoms with Crippen molar-refractivity contribution in [3.63, 3.8) is 0 Å². The van der Waals surface area contributed by atoms with Crippen molar-refractivity contribution in [2.45, 2.75) is 0 Å². The van der Waals surface area contributed by atoms with Gasteiger partial charge in [-0.1, -0.05) is 12.1 Å². The number of piperazine rings is 1. The van der Waals surface area contributed by atoms with E-state index in [2.05, 4.69) is 31.1 Å². The zero-order chi connectivity index (χ0) is 22.1. The van der Waals surface area contributed by atoms with Crippen molar-refractivity contribution >= 4 is 41.5 Å². The molecule has 0 aliphatic carbocycles. The van der Waals surface area contributed by atoms with E-state index in [0.717, 1.165) is 83.0 Å². The number of aliphatic imine (C=N–C) groups is 1. The van der Waals surface area contributed by atoms with Gasteiger partial charge in [0, 0.05) is 66.5 Å². The maximum Gasteiger partial charge on any atom is 0.243 e. The van der Waals surface area contributed by atoms with Gasteiger partial charge in [0.05, 0.1) is 26.0 Å². The normalized spacial score (nSPS) is 17.5. The van der Waals surface area contributed by atoms with Crippen molar-refractivity contribution < 1.29 is 14.3 Å². The number of morpholine rings is 1. The molecule has 1 aromatic rings. The Morgan fingerprint density at radius 1 is 1.12 bits per heavy atom. The number of halogens is 1. The molecular formula is C22H37IN6O3. The van der Waals surface area contributed by atoms with Crippen LogP contribution >= 0.6 is 24.0 Å². The fraction of sp³-hybridized carbons (Fsp3) is 0.636. The van der Waals surface area contributed by atoms with Crippen molar-refractivity contribution in [3.8, 4) is 5.75 Å². The van der Waals surface area contributed by atoms with Gasteiger partial charge in [-0.05, 0) is 12.1 Å². The van der Waals surface area contributed by atoms with Crippen molar-refractivity contribution in [1.82, 2.24) is 20.0 Å². The first-order valence-corrected chi connectivity index (χ1v) is 11.0. The van der Waals surface area contributed by atoms with Gasteiger partial charge in [-0.15, -0.1) is 24.0 Å². The molecule has 0 unspecified atom stereocenters. The summed E-state index contributed by atoms with van der Waals surface area (Å²) >= 11 is 0. The van der Waals surface area contributed by atoms with E-state index in [1.807, 2.05) is 18.2 Å². The van der Waals surface area contributed by atoms with Crippen LogP contribution in [0, 0.1) is 0 Å². The maximum absolute atomic E-state index is 12.1. The Morgan fingerprint density at radius 2 is 1.81 bits per heavy atom. The molecule has 0 atom stereocenters. The van der Waals surface area contributed by atoms with Crippen LogP contribution in [0.25, 0.3) is 0 Å². The Bertz CT molecular complexity index is 734. The van der Waals surface area contributed by atoms with Crippen molar-refractivity contribution in [3.05, 3.63) is 24.3 Å². The zero-order valence-electron chi connectivity index (χ0n) is 19.5. The molecule has 1 N–H and O–H groups in total. The lowest BCUT2D eigenvalue weighted by Gasteiger charge is -2.38. The number of rotatable bonds is 7. The van der Waals surface area contributed by atoms with E-state index in [-0.39, 0.29) is 36.4 Å². The predicted molar refractivity (Wildman–Crippen MR) is 138 cm³/mol. The van der Waals surface area contributed by atoms with Crippen LogP contribution in [0.15, 0.2) is 29.3 Å². The lowest BCUT2D eigenvalue weighted by atomic mass is 10.2. The van der Waals surface area contributed by atoms with Gasteiger partial charge in [-0.2, -0.15) is 0 Å². The van der Waals surface area contributed by atoms with Crippen LogP contribution in [0.5, 0.6) is 5.75 Å². The minimum absolute atomic E-state index is 0. The van der Waals surface area contributed by atoms with Crippen LogP contribution in [0.4, 0.5) is 5.69 Å². The minimum atomic E-state index is 0. The summed E-state index contributed by atoms with van der Waals surface area (Å²) < 4.78 is 10.9. The van der Waals surface area contributed by atoms with Crippen LogP contribution in [0.3, 0.4) is 0 Å². The molecule has 1 amide bonds. The minimum Gasteiger partial charge on any atom is -0.495 e. The Labute approximate surface area is 208 Å². The number of benzene rings is 1. The quantitative estimate of drug-likeness (QED) is 0.301. The highest BCUT2D eigenvalue weighted by atomic mass is 127. The first-order valence-electron chi connectivity index (χ1n) is 11.0. The number of nitrogens with one attached hydrogen (secondary N) is 1. The average Bonchev–Trinajstić information content (AvgIpc) is 2.81. The molecular weight excluding hydrogens is 523 g/mol. The molecule has 10 heteroatoms. The number of para-hydroxylation sites is 2. The number of guanidine groups is 1. The number of carbonyl (C=O) groups is 1. The van der Waals surface area contributed by atoms with Gasteiger partial charge in [0.1, 0.15) is 12.3 Å². The third-order valence-corrected chi connectivity index (χ3v) is 5.68. The third kappa shape index (κ3) is 7.66. The monoisotopic (exact) mass is 560 g/mol. The highest BCUT2D eigenvalue weighted by Gasteiger charge is 2.22. The molecule has 2 heterocycles. The summed E-state index contributed by atoms with van der Waals surface area (Å²) in [6.07, 6.45) is 0. The van der Waals surface area contributed by atoms with Crippen LogP contribution in [0.1, 0.15) is 0 Å². The second kappa shape index (κ2) is 13.7. The molecule has 9 nitrogen and oxygen atoms in total. The van der Waals surface area contributed by atoms with Gasteiger partial charge in [0.25, 0.3) is 0 Å². The number of hydrogen-bond acceptors (Lipinski definition) is 6. The lowest BCUT2D eigenvalue weighted by Crippen LogP contribution is -2.54. The largest absolute Gasteiger partial charge is 0.495 e. The number of carbonyl (C=O) groups excluding carboxylic acids is 1. The van der Waals surface area contributed by atoms with Crippen molar-refractivity contribution in [2.24, 2.45) is 4.99 Å². The second-order valence-electron chi connectivity index (χ2n) is 7.95. The van der Waals surface area contributed by atoms with E-state index in [1.165, 1.54) is 0 Å². The molecule has 0 spiro atoms. The first kappa shape index (κ1) is 26.5. The highest BCUT2D eigenvalue weighted by molar-refractivity contribution is 14.0. The standard InChI is InChI=1S/C22H36N6O3.HI/c1-25(2)21(29)18-24-22(23-8-9-26-14-16-31-17-15-26)28-12-10-27(11-13-28)19-6-4-5-7-20(19)30-3;/h4-7H,8-18H2,1-3H3,(H,23,24);1H. The first-order chi connectivity index (χ1) is 15.1. The van der Waals surface area contributed by atoms with Gasteiger partial charge in [-0.25, -0.2) is 4.99 Å². The summed E-state index contributed by atoms with van der Waals surface area (Å²) in [5.74, 6) is 1.70. The summed E-state index contributed by atoms with van der Waals surface area (Å²) in [5, 5.41) is 3.49. The molecule has 0 saturated carbocycles. The summed E-state index contributed by atoms with van der Waals surface area (Å²) in [6.45, 7) is 8.79. The number of nitrogens with zero attached hydrogens (tertiary/aromatic N) is 5. The van der Waals surface area contributed by atoms with E-state index in [4.69, 9.17) is 9.47 Å². The number of amides is 1.